The first kappa shape index (κ1) is 13.1. The molecule has 0 aliphatic carbocycles. The minimum absolute atomic E-state index is 0.755. The summed E-state index contributed by atoms with van der Waals surface area (Å²) in [5.41, 5.74) is 2.38. The number of halogens is 1. The number of nitrogens with zero attached hydrogens (tertiary/aromatic N) is 4. The lowest BCUT2D eigenvalue weighted by Gasteiger charge is -2.20. The van der Waals surface area contributed by atoms with Gasteiger partial charge in [0.1, 0.15) is 11.6 Å². The Kier molecular flexibility index (Phi) is 4.01. The molecule has 2 rings (SSSR count). The monoisotopic (exact) mass is 308 g/mol. The Balaban J connectivity index is 2.19. The van der Waals surface area contributed by atoms with Crippen molar-refractivity contribution in [2.45, 2.75) is 18.8 Å². The van der Waals surface area contributed by atoms with Crippen LogP contribution in [0.5, 0.6) is 0 Å². The van der Waals surface area contributed by atoms with E-state index in [1.165, 1.54) is 11.1 Å². The van der Waals surface area contributed by atoms with Gasteiger partial charge in [-0.15, -0.1) is 0 Å². The molecule has 2 heterocycles. The van der Waals surface area contributed by atoms with Crippen molar-refractivity contribution in [2.24, 2.45) is 7.05 Å². The van der Waals surface area contributed by atoms with Crippen LogP contribution in [0.1, 0.15) is 17.0 Å². The van der Waals surface area contributed by atoms with Gasteiger partial charge in [-0.2, -0.15) is 0 Å². The maximum atomic E-state index is 4.52. The number of anilines is 1. The highest BCUT2D eigenvalue weighted by molar-refractivity contribution is 9.08. The van der Waals surface area contributed by atoms with Gasteiger partial charge >= 0.3 is 0 Å². The Morgan fingerprint density at radius 3 is 2.72 bits per heavy atom. The number of pyridine rings is 1. The largest absolute Gasteiger partial charge is 0.352 e. The van der Waals surface area contributed by atoms with E-state index in [1.54, 1.807) is 0 Å². The van der Waals surface area contributed by atoms with Gasteiger partial charge in [-0.25, -0.2) is 9.97 Å². The Morgan fingerprint density at radius 2 is 2.17 bits per heavy atom. The predicted octanol–water partition coefficient (Wildman–Crippen LogP) is 2.65. The molecule has 0 spiro atoms. The fourth-order valence-electron chi connectivity index (χ4n) is 1.93. The molecule has 0 aliphatic rings. The molecule has 4 nitrogen and oxygen atoms in total. The van der Waals surface area contributed by atoms with Crippen LogP contribution in [0.15, 0.2) is 24.7 Å². The molecule has 0 amide bonds. The summed E-state index contributed by atoms with van der Waals surface area (Å²) in [6.45, 7) is 2.84. The second-order valence-electron chi connectivity index (χ2n) is 4.43. The van der Waals surface area contributed by atoms with Crippen molar-refractivity contribution >= 4 is 21.7 Å². The third-order valence-corrected chi connectivity index (χ3v) is 3.57. The Morgan fingerprint density at radius 1 is 1.39 bits per heavy atom. The number of imidazole rings is 1. The molecule has 2 aromatic rings. The number of aromatic nitrogens is 3. The lowest BCUT2D eigenvalue weighted by molar-refractivity contribution is 0.753. The van der Waals surface area contributed by atoms with E-state index in [4.69, 9.17) is 0 Å². The van der Waals surface area contributed by atoms with Gasteiger partial charge in [-0.05, 0) is 18.1 Å². The van der Waals surface area contributed by atoms with Gasteiger partial charge in [0, 0.05) is 38.0 Å². The third kappa shape index (κ3) is 2.72. The van der Waals surface area contributed by atoms with Gasteiger partial charge < -0.3 is 9.47 Å². The molecular formula is C13H17BrN4. The summed E-state index contributed by atoms with van der Waals surface area (Å²) in [5, 5.41) is 0.838. The highest BCUT2D eigenvalue weighted by Gasteiger charge is 2.09. The van der Waals surface area contributed by atoms with Gasteiger partial charge in [0.15, 0.2) is 0 Å². The van der Waals surface area contributed by atoms with Crippen LogP contribution in [0.4, 0.5) is 5.82 Å². The molecule has 0 atom stereocenters. The number of rotatable bonds is 4. The van der Waals surface area contributed by atoms with Crippen molar-refractivity contribution in [3.63, 3.8) is 0 Å². The van der Waals surface area contributed by atoms with Crippen LogP contribution in [-0.4, -0.2) is 21.6 Å². The quantitative estimate of drug-likeness (QED) is 0.814. The molecule has 0 radical (unpaired) electrons. The van der Waals surface area contributed by atoms with Crippen LogP contribution in [0, 0.1) is 6.92 Å². The highest BCUT2D eigenvalue weighted by Crippen LogP contribution is 2.19. The zero-order chi connectivity index (χ0) is 13.1. The van der Waals surface area contributed by atoms with Crippen molar-refractivity contribution in [3.05, 3.63) is 41.6 Å². The summed E-state index contributed by atoms with van der Waals surface area (Å²) in [7, 11) is 4.04. The molecule has 18 heavy (non-hydrogen) atoms. The first-order valence-corrected chi connectivity index (χ1v) is 6.92. The van der Waals surface area contributed by atoms with E-state index < -0.39 is 0 Å². The van der Waals surface area contributed by atoms with Crippen LogP contribution in [0.3, 0.4) is 0 Å². The predicted molar refractivity (Wildman–Crippen MR) is 76.9 cm³/mol. The maximum Gasteiger partial charge on any atom is 0.131 e. The van der Waals surface area contributed by atoms with Crippen molar-refractivity contribution in [3.8, 4) is 0 Å². The first-order valence-electron chi connectivity index (χ1n) is 5.80. The minimum atomic E-state index is 0.755. The summed E-state index contributed by atoms with van der Waals surface area (Å²) < 4.78 is 2.03. The fraction of sp³-hybridized carbons (Fsp3) is 0.385. The van der Waals surface area contributed by atoms with E-state index in [9.17, 15) is 0 Å². The molecule has 96 valence electrons. The molecule has 0 N–H and O–H groups in total. The molecule has 0 saturated heterocycles. The normalized spacial score (nSPS) is 10.7. The number of alkyl halides is 1. The SMILES string of the molecule is Cc1cc(CBr)cnc1N(C)Cc1nccn1C. The molecule has 2 aromatic heterocycles. The van der Waals surface area contributed by atoms with Crippen LogP contribution in [-0.2, 0) is 18.9 Å². The second-order valence-corrected chi connectivity index (χ2v) is 4.99. The van der Waals surface area contributed by atoms with Crippen LogP contribution >= 0.6 is 15.9 Å². The Bertz CT molecular complexity index is 536. The molecule has 0 aromatic carbocycles. The van der Waals surface area contributed by atoms with Crippen LogP contribution in [0.2, 0.25) is 0 Å². The fourth-order valence-corrected chi connectivity index (χ4v) is 2.24. The molecule has 0 bridgehead atoms. The molecule has 0 aliphatic heterocycles. The van der Waals surface area contributed by atoms with E-state index in [0.29, 0.717) is 0 Å². The average Bonchev–Trinajstić information content (AvgIpc) is 2.74. The van der Waals surface area contributed by atoms with Crippen molar-refractivity contribution in [1.29, 1.82) is 0 Å². The average molecular weight is 309 g/mol. The molecule has 0 fully saturated rings. The molecular weight excluding hydrogens is 292 g/mol. The van der Waals surface area contributed by atoms with Gasteiger partial charge in [-0.3, -0.25) is 0 Å². The summed E-state index contributed by atoms with van der Waals surface area (Å²) in [6, 6.07) is 2.16. The maximum absolute atomic E-state index is 4.52. The summed E-state index contributed by atoms with van der Waals surface area (Å²) in [5.74, 6) is 2.03. The van der Waals surface area contributed by atoms with Gasteiger partial charge in [0.25, 0.3) is 0 Å². The lowest BCUT2D eigenvalue weighted by Crippen LogP contribution is -2.21. The van der Waals surface area contributed by atoms with Gasteiger partial charge in [-0.1, -0.05) is 22.0 Å². The van der Waals surface area contributed by atoms with Gasteiger partial charge in [0.2, 0.25) is 0 Å². The summed E-state index contributed by atoms with van der Waals surface area (Å²) >= 11 is 3.44. The Labute approximate surface area is 116 Å². The van der Waals surface area contributed by atoms with E-state index in [-0.39, 0.29) is 0 Å². The number of hydrogen-bond donors (Lipinski definition) is 0. The smallest absolute Gasteiger partial charge is 0.131 e. The van der Waals surface area contributed by atoms with Crippen LogP contribution < -0.4 is 4.90 Å². The Hall–Kier alpha value is -1.36. The van der Waals surface area contributed by atoms with Gasteiger partial charge in [0.05, 0.1) is 6.54 Å². The molecule has 5 heteroatoms. The minimum Gasteiger partial charge on any atom is -0.352 e. The zero-order valence-corrected chi connectivity index (χ0v) is 12.5. The van der Waals surface area contributed by atoms with Crippen LogP contribution in [0.25, 0.3) is 0 Å². The standard InChI is InChI=1S/C13H17BrN4/c1-10-6-11(7-14)8-16-13(10)18(3)9-12-15-4-5-17(12)2/h4-6,8H,7,9H2,1-3H3. The zero-order valence-electron chi connectivity index (χ0n) is 10.9. The second kappa shape index (κ2) is 5.52. The molecule has 0 saturated carbocycles. The number of aryl methyl sites for hydroxylation is 2. The van der Waals surface area contributed by atoms with E-state index in [1.807, 2.05) is 37.3 Å². The molecule has 0 unspecified atom stereocenters. The summed E-state index contributed by atoms with van der Waals surface area (Å²) in [4.78, 5) is 11.0. The first-order chi connectivity index (χ1) is 8.61. The number of hydrogen-bond acceptors (Lipinski definition) is 3. The lowest BCUT2D eigenvalue weighted by atomic mass is 10.2. The van der Waals surface area contributed by atoms with Crippen molar-refractivity contribution < 1.29 is 0 Å². The van der Waals surface area contributed by atoms with E-state index in [0.717, 1.165) is 23.5 Å². The van der Waals surface area contributed by atoms with Crippen molar-refractivity contribution in [1.82, 2.24) is 14.5 Å². The van der Waals surface area contributed by atoms with Crippen molar-refractivity contribution in [2.75, 3.05) is 11.9 Å². The third-order valence-electron chi connectivity index (χ3n) is 2.92. The van der Waals surface area contributed by atoms with E-state index >= 15 is 0 Å². The van der Waals surface area contributed by atoms with E-state index in [2.05, 4.69) is 43.8 Å². The summed E-state index contributed by atoms with van der Waals surface area (Å²) in [6.07, 6.45) is 5.68. The highest BCUT2D eigenvalue weighted by atomic mass is 79.9. The topological polar surface area (TPSA) is 34.0 Å².